The van der Waals surface area contributed by atoms with E-state index in [9.17, 15) is 0 Å². The molecule has 1 N–H and O–H groups in total. The number of benzene rings is 2. The largest absolute Gasteiger partial charge is 0.489 e. The Labute approximate surface area is 133 Å². The van der Waals surface area contributed by atoms with Gasteiger partial charge in [-0.05, 0) is 31.2 Å². The van der Waals surface area contributed by atoms with Crippen molar-refractivity contribution in [1.29, 1.82) is 0 Å². The molecule has 20 heavy (non-hydrogen) atoms. The molecule has 2 nitrogen and oxygen atoms in total. The summed E-state index contributed by atoms with van der Waals surface area (Å²) >= 11 is 18.0. The summed E-state index contributed by atoms with van der Waals surface area (Å²) in [7, 11) is 0. The standard InChI is InChI=1S/C15H14Cl3NO/c1-10(20-11-5-3-2-4-6-11)9-19-15-8-13(17)12(16)7-14(15)18/h2-8,10,19H,9H2,1H3. The van der Waals surface area contributed by atoms with Crippen LogP contribution in [0.1, 0.15) is 6.92 Å². The molecule has 0 spiro atoms. The fraction of sp³-hybridized carbons (Fsp3) is 0.200. The zero-order valence-electron chi connectivity index (χ0n) is 10.9. The average Bonchev–Trinajstić information content (AvgIpc) is 2.42. The van der Waals surface area contributed by atoms with Gasteiger partial charge < -0.3 is 10.1 Å². The molecular formula is C15H14Cl3NO. The van der Waals surface area contributed by atoms with E-state index in [1.165, 1.54) is 0 Å². The molecule has 0 radical (unpaired) electrons. The Hall–Kier alpha value is -1.09. The summed E-state index contributed by atoms with van der Waals surface area (Å²) < 4.78 is 5.77. The van der Waals surface area contributed by atoms with E-state index in [1.54, 1.807) is 12.1 Å². The molecule has 0 saturated carbocycles. The molecule has 0 fully saturated rings. The molecule has 106 valence electrons. The van der Waals surface area contributed by atoms with Gasteiger partial charge in [0.25, 0.3) is 0 Å². The van der Waals surface area contributed by atoms with E-state index in [0.717, 1.165) is 11.4 Å². The van der Waals surface area contributed by atoms with Gasteiger partial charge >= 0.3 is 0 Å². The molecule has 0 aromatic heterocycles. The SMILES string of the molecule is CC(CNc1cc(Cl)c(Cl)cc1Cl)Oc1ccccc1. The fourth-order valence-corrected chi connectivity index (χ4v) is 2.30. The molecule has 0 amide bonds. The zero-order valence-corrected chi connectivity index (χ0v) is 13.1. The summed E-state index contributed by atoms with van der Waals surface area (Å²) in [5.41, 5.74) is 0.740. The van der Waals surface area contributed by atoms with Gasteiger partial charge in [-0.3, -0.25) is 0 Å². The molecule has 2 rings (SSSR count). The van der Waals surface area contributed by atoms with Crippen molar-refractivity contribution in [3.63, 3.8) is 0 Å². The highest BCUT2D eigenvalue weighted by molar-refractivity contribution is 6.44. The number of rotatable bonds is 5. The van der Waals surface area contributed by atoms with Crippen molar-refractivity contribution in [2.75, 3.05) is 11.9 Å². The minimum atomic E-state index is -0.0112. The fourth-order valence-electron chi connectivity index (χ4n) is 1.68. The third-order valence-corrected chi connectivity index (χ3v) is 3.71. The van der Waals surface area contributed by atoms with Gasteiger partial charge in [-0.2, -0.15) is 0 Å². The molecule has 1 unspecified atom stereocenters. The van der Waals surface area contributed by atoms with Gasteiger partial charge in [0.1, 0.15) is 11.9 Å². The van der Waals surface area contributed by atoms with Crippen molar-refractivity contribution < 1.29 is 4.74 Å². The summed E-state index contributed by atoms with van der Waals surface area (Å²) in [6, 6.07) is 13.0. The summed E-state index contributed by atoms with van der Waals surface area (Å²) in [6.45, 7) is 2.58. The minimum Gasteiger partial charge on any atom is -0.489 e. The predicted molar refractivity (Wildman–Crippen MR) is 86.5 cm³/mol. The number of hydrogen-bond donors (Lipinski definition) is 1. The van der Waals surface area contributed by atoms with Gasteiger partial charge in [0.15, 0.2) is 0 Å². The van der Waals surface area contributed by atoms with Crippen LogP contribution in [-0.4, -0.2) is 12.6 Å². The molecule has 2 aromatic rings. The number of nitrogens with one attached hydrogen (secondary N) is 1. The first-order valence-corrected chi connectivity index (χ1v) is 7.30. The summed E-state index contributed by atoms with van der Waals surface area (Å²) in [6.07, 6.45) is -0.0112. The van der Waals surface area contributed by atoms with Crippen LogP contribution in [0.2, 0.25) is 15.1 Å². The maximum absolute atomic E-state index is 6.10. The van der Waals surface area contributed by atoms with Gasteiger partial charge in [0, 0.05) is 0 Å². The number of hydrogen-bond acceptors (Lipinski definition) is 2. The van der Waals surface area contributed by atoms with Gasteiger partial charge in [-0.1, -0.05) is 53.0 Å². The van der Waals surface area contributed by atoms with Gasteiger partial charge in [-0.15, -0.1) is 0 Å². The van der Waals surface area contributed by atoms with E-state index in [0.29, 0.717) is 21.6 Å². The Balaban J connectivity index is 1.93. The van der Waals surface area contributed by atoms with Crippen LogP contribution in [0.5, 0.6) is 5.75 Å². The second-order valence-corrected chi connectivity index (χ2v) is 5.59. The highest BCUT2D eigenvalue weighted by Crippen LogP contribution is 2.32. The minimum absolute atomic E-state index is 0.0112. The lowest BCUT2D eigenvalue weighted by Gasteiger charge is -2.17. The average molecular weight is 331 g/mol. The van der Waals surface area contributed by atoms with E-state index in [-0.39, 0.29) is 6.10 Å². The maximum Gasteiger partial charge on any atom is 0.119 e. The molecule has 0 bridgehead atoms. The quantitative estimate of drug-likeness (QED) is 0.728. The van der Waals surface area contributed by atoms with Crippen LogP contribution in [0.25, 0.3) is 0 Å². The molecule has 0 aliphatic heterocycles. The van der Waals surface area contributed by atoms with Crippen molar-refractivity contribution in [1.82, 2.24) is 0 Å². The summed E-state index contributed by atoms with van der Waals surface area (Å²) in [4.78, 5) is 0. The van der Waals surface area contributed by atoms with Gasteiger partial charge in [0.05, 0.1) is 27.3 Å². The monoisotopic (exact) mass is 329 g/mol. The third kappa shape index (κ3) is 4.20. The predicted octanol–water partition coefficient (Wildman–Crippen LogP) is 5.53. The van der Waals surface area contributed by atoms with E-state index in [1.807, 2.05) is 37.3 Å². The van der Waals surface area contributed by atoms with Crippen LogP contribution in [0.4, 0.5) is 5.69 Å². The highest BCUT2D eigenvalue weighted by atomic mass is 35.5. The summed E-state index contributed by atoms with van der Waals surface area (Å²) in [5.74, 6) is 0.835. The lowest BCUT2D eigenvalue weighted by atomic mass is 10.3. The molecule has 0 heterocycles. The lowest BCUT2D eigenvalue weighted by Crippen LogP contribution is -2.22. The van der Waals surface area contributed by atoms with Crippen LogP contribution in [-0.2, 0) is 0 Å². The highest BCUT2D eigenvalue weighted by Gasteiger charge is 2.08. The first-order chi connectivity index (χ1) is 9.56. The number of para-hydroxylation sites is 1. The third-order valence-electron chi connectivity index (χ3n) is 2.67. The van der Waals surface area contributed by atoms with Crippen LogP contribution in [0.3, 0.4) is 0 Å². The molecular weight excluding hydrogens is 317 g/mol. The van der Waals surface area contributed by atoms with E-state index in [4.69, 9.17) is 39.5 Å². The Morgan fingerprint density at radius 2 is 1.65 bits per heavy atom. The Morgan fingerprint density at radius 1 is 1.00 bits per heavy atom. The molecule has 1 atom stereocenters. The van der Waals surface area contributed by atoms with Crippen LogP contribution < -0.4 is 10.1 Å². The summed E-state index contributed by atoms with van der Waals surface area (Å²) in [5, 5.41) is 4.64. The topological polar surface area (TPSA) is 21.3 Å². The normalized spacial score (nSPS) is 12.0. The lowest BCUT2D eigenvalue weighted by molar-refractivity contribution is 0.235. The van der Waals surface area contributed by atoms with Crippen molar-refractivity contribution in [3.8, 4) is 5.75 Å². The van der Waals surface area contributed by atoms with Crippen molar-refractivity contribution >= 4 is 40.5 Å². The first-order valence-electron chi connectivity index (χ1n) is 6.16. The van der Waals surface area contributed by atoms with E-state index in [2.05, 4.69) is 5.32 Å². The van der Waals surface area contributed by atoms with Crippen LogP contribution >= 0.6 is 34.8 Å². The Morgan fingerprint density at radius 3 is 2.35 bits per heavy atom. The second-order valence-electron chi connectivity index (χ2n) is 4.37. The first kappa shape index (κ1) is 15.3. The van der Waals surface area contributed by atoms with Crippen LogP contribution in [0.15, 0.2) is 42.5 Å². The Kier molecular flexibility index (Phi) is 5.41. The second kappa shape index (κ2) is 7.07. The molecule has 0 aliphatic rings. The Bertz CT molecular complexity index is 575. The molecule has 0 saturated heterocycles. The van der Waals surface area contributed by atoms with Crippen LogP contribution in [0, 0.1) is 0 Å². The van der Waals surface area contributed by atoms with Crippen molar-refractivity contribution in [2.24, 2.45) is 0 Å². The van der Waals surface area contributed by atoms with Gasteiger partial charge in [-0.25, -0.2) is 0 Å². The number of ether oxygens (including phenoxy) is 1. The van der Waals surface area contributed by atoms with Gasteiger partial charge in [0.2, 0.25) is 0 Å². The number of halogens is 3. The maximum atomic E-state index is 6.10. The molecule has 2 aromatic carbocycles. The number of anilines is 1. The van der Waals surface area contributed by atoms with Crippen molar-refractivity contribution in [3.05, 3.63) is 57.5 Å². The molecule has 5 heteroatoms. The van der Waals surface area contributed by atoms with Crippen molar-refractivity contribution in [2.45, 2.75) is 13.0 Å². The zero-order chi connectivity index (χ0) is 14.5. The van der Waals surface area contributed by atoms with E-state index >= 15 is 0 Å². The van der Waals surface area contributed by atoms with E-state index < -0.39 is 0 Å². The molecule has 0 aliphatic carbocycles. The smallest absolute Gasteiger partial charge is 0.119 e.